The smallest absolute Gasteiger partial charge is 0.416 e. The van der Waals surface area contributed by atoms with Crippen LogP contribution in [0.25, 0.3) is 0 Å². The topological polar surface area (TPSA) is 63.1 Å². The van der Waals surface area contributed by atoms with E-state index >= 15 is 0 Å². The van der Waals surface area contributed by atoms with Crippen LogP contribution in [0.2, 0.25) is 0 Å². The third-order valence-corrected chi connectivity index (χ3v) is 2.72. The van der Waals surface area contributed by atoms with Crippen LogP contribution in [0.1, 0.15) is 22.7 Å². The maximum absolute atomic E-state index is 12.5. The molecule has 1 aromatic carbocycles. The average Bonchev–Trinajstić information content (AvgIpc) is 2.39. The van der Waals surface area contributed by atoms with Crippen molar-refractivity contribution in [3.8, 4) is 0 Å². The molecular formula is C13H9F3N2O2. The molecule has 1 heterocycles. The number of halogens is 3. The summed E-state index contributed by atoms with van der Waals surface area (Å²) < 4.78 is 37.4. The molecule has 1 atom stereocenters. The van der Waals surface area contributed by atoms with E-state index in [1.54, 1.807) is 0 Å². The number of nitrogens with zero attached hydrogens (tertiary/aromatic N) is 2. The van der Waals surface area contributed by atoms with Gasteiger partial charge in [-0.1, -0.05) is 12.1 Å². The molecule has 0 spiro atoms. The second-order valence-corrected chi connectivity index (χ2v) is 4.03. The predicted octanol–water partition coefficient (Wildman–Crippen LogP) is 2.71. The van der Waals surface area contributed by atoms with E-state index in [4.69, 9.17) is 0 Å². The van der Waals surface area contributed by atoms with Crippen molar-refractivity contribution >= 4 is 5.97 Å². The largest absolute Gasteiger partial charge is 0.480 e. The lowest BCUT2D eigenvalue weighted by molar-refractivity contribution is -0.138. The molecule has 0 amide bonds. The van der Waals surface area contributed by atoms with E-state index in [9.17, 15) is 23.1 Å². The molecule has 0 aliphatic heterocycles. The fourth-order valence-electron chi connectivity index (χ4n) is 1.78. The quantitative estimate of drug-likeness (QED) is 0.940. The molecule has 0 fully saturated rings. The zero-order valence-corrected chi connectivity index (χ0v) is 10.0. The first-order valence-electron chi connectivity index (χ1n) is 5.55. The summed E-state index contributed by atoms with van der Waals surface area (Å²) >= 11 is 0. The Hall–Kier alpha value is -2.44. The second-order valence-electron chi connectivity index (χ2n) is 4.03. The molecule has 1 unspecified atom stereocenters. The van der Waals surface area contributed by atoms with Crippen LogP contribution in [0.4, 0.5) is 13.2 Å². The summed E-state index contributed by atoms with van der Waals surface area (Å²) in [5.74, 6) is -2.32. The van der Waals surface area contributed by atoms with Crippen LogP contribution in [0.5, 0.6) is 0 Å². The third kappa shape index (κ3) is 2.93. The molecule has 0 aliphatic carbocycles. The Labute approximate surface area is 111 Å². The molecule has 0 bridgehead atoms. The first-order chi connectivity index (χ1) is 9.39. The molecule has 0 radical (unpaired) electrons. The van der Waals surface area contributed by atoms with Crippen molar-refractivity contribution in [3.63, 3.8) is 0 Å². The number of hydrogen-bond acceptors (Lipinski definition) is 3. The van der Waals surface area contributed by atoms with Crippen molar-refractivity contribution in [1.82, 2.24) is 9.97 Å². The molecule has 1 aromatic heterocycles. The van der Waals surface area contributed by atoms with Crippen LogP contribution in [-0.4, -0.2) is 21.0 Å². The Kier molecular flexibility index (Phi) is 3.69. The third-order valence-electron chi connectivity index (χ3n) is 2.72. The second kappa shape index (κ2) is 5.28. The highest BCUT2D eigenvalue weighted by molar-refractivity contribution is 5.79. The van der Waals surface area contributed by atoms with Crippen LogP contribution in [0.3, 0.4) is 0 Å². The van der Waals surface area contributed by atoms with Crippen molar-refractivity contribution in [1.29, 1.82) is 0 Å². The van der Waals surface area contributed by atoms with E-state index in [2.05, 4.69) is 9.97 Å². The molecule has 4 nitrogen and oxygen atoms in total. The minimum absolute atomic E-state index is 0.215. The number of aliphatic carboxylic acids is 1. The number of carbonyl (C=O) groups is 1. The van der Waals surface area contributed by atoms with Crippen LogP contribution >= 0.6 is 0 Å². The van der Waals surface area contributed by atoms with E-state index in [-0.39, 0.29) is 11.3 Å². The number of carboxylic acid groups (broad SMARTS) is 1. The summed E-state index contributed by atoms with van der Waals surface area (Å²) in [5.41, 5.74) is -0.385. The van der Waals surface area contributed by atoms with Crippen LogP contribution in [-0.2, 0) is 11.0 Å². The van der Waals surface area contributed by atoms with E-state index < -0.39 is 23.6 Å². The van der Waals surface area contributed by atoms with Crippen molar-refractivity contribution in [2.24, 2.45) is 0 Å². The van der Waals surface area contributed by atoms with Gasteiger partial charge in [-0.25, -0.2) is 9.97 Å². The Balaban J connectivity index is 2.39. The number of hydrogen-bond donors (Lipinski definition) is 1. The van der Waals surface area contributed by atoms with Gasteiger partial charge in [-0.05, 0) is 23.8 Å². The SMILES string of the molecule is O=C(O)C(c1ccc(C(F)(F)F)cc1)c1ccncn1. The van der Waals surface area contributed by atoms with Gasteiger partial charge >= 0.3 is 12.1 Å². The van der Waals surface area contributed by atoms with Gasteiger partial charge in [0.2, 0.25) is 0 Å². The first kappa shape index (κ1) is 14.0. The van der Waals surface area contributed by atoms with Crippen LogP contribution < -0.4 is 0 Å². The molecule has 0 saturated heterocycles. The number of carboxylic acids is 1. The molecule has 2 rings (SSSR count). The maximum Gasteiger partial charge on any atom is 0.416 e. The van der Waals surface area contributed by atoms with Crippen molar-refractivity contribution in [2.45, 2.75) is 12.1 Å². The van der Waals surface area contributed by atoms with E-state index in [1.165, 1.54) is 18.6 Å². The van der Waals surface area contributed by atoms with Gasteiger partial charge in [-0.15, -0.1) is 0 Å². The van der Waals surface area contributed by atoms with Gasteiger partial charge in [0.25, 0.3) is 0 Å². The predicted molar refractivity (Wildman–Crippen MR) is 63.0 cm³/mol. The van der Waals surface area contributed by atoms with Crippen molar-refractivity contribution in [2.75, 3.05) is 0 Å². The van der Waals surface area contributed by atoms with Crippen LogP contribution in [0.15, 0.2) is 42.9 Å². The number of alkyl halides is 3. The maximum atomic E-state index is 12.5. The normalized spacial score (nSPS) is 12.9. The number of benzene rings is 1. The Morgan fingerprint density at radius 3 is 2.25 bits per heavy atom. The first-order valence-corrected chi connectivity index (χ1v) is 5.55. The Bertz CT molecular complexity index is 597. The van der Waals surface area contributed by atoms with Crippen LogP contribution in [0, 0.1) is 0 Å². The summed E-state index contributed by atoms with van der Waals surface area (Å²) in [6, 6.07) is 5.41. The van der Waals surface area contributed by atoms with Crippen molar-refractivity contribution in [3.05, 3.63) is 59.7 Å². The fourth-order valence-corrected chi connectivity index (χ4v) is 1.78. The highest BCUT2D eigenvalue weighted by atomic mass is 19.4. The fraction of sp³-hybridized carbons (Fsp3) is 0.154. The van der Waals surface area contributed by atoms with E-state index in [1.807, 2.05) is 0 Å². The standard InChI is InChI=1S/C13H9F3N2O2/c14-13(15,16)9-3-1-8(2-4-9)11(12(19)20)10-5-6-17-7-18-10/h1-7,11H,(H,19,20). The van der Waals surface area contributed by atoms with Gasteiger partial charge in [-0.2, -0.15) is 13.2 Å². The van der Waals surface area contributed by atoms with Gasteiger partial charge in [0.1, 0.15) is 12.2 Å². The molecule has 1 N–H and O–H groups in total. The number of aromatic nitrogens is 2. The van der Waals surface area contributed by atoms with Gasteiger partial charge in [-0.3, -0.25) is 4.79 Å². The van der Waals surface area contributed by atoms with E-state index in [0.717, 1.165) is 24.3 Å². The zero-order chi connectivity index (χ0) is 14.8. The molecular weight excluding hydrogens is 273 g/mol. The summed E-state index contributed by atoms with van der Waals surface area (Å²) in [6.07, 6.45) is -1.89. The van der Waals surface area contributed by atoms with Gasteiger partial charge in [0.15, 0.2) is 0 Å². The lowest BCUT2D eigenvalue weighted by Crippen LogP contribution is -2.15. The minimum Gasteiger partial charge on any atom is -0.480 e. The lowest BCUT2D eigenvalue weighted by atomic mass is 9.94. The molecule has 104 valence electrons. The highest BCUT2D eigenvalue weighted by Gasteiger charge is 2.31. The summed E-state index contributed by atoms with van der Waals surface area (Å²) in [4.78, 5) is 18.8. The average molecular weight is 282 g/mol. The molecule has 7 heteroatoms. The van der Waals surface area contributed by atoms with Gasteiger partial charge in [0, 0.05) is 6.20 Å². The highest BCUT2D eigenvalue weighted by Crippen LogP contribution is 2.31. The molecule has 0 saturated carbocycles. The Morgan fingerprint density at radius 2 is 1.80 bits per heavy atom. The molecule has 0 aliphatic rings. The Morgan fingerprint density at radius 1 is 1.15 bits per heavy atom. The minimum atomic E-state index is -4.45. The monoisotopic (exact) mass is 282 g/mol. The summed E-state index contributed by atoms with van der Waals surface area (Å²) in [5, 5.41) is 9.23. The van der Waals surface area contributed by atoms with E-state index in [0.29, 0.717) is 0 Å². The summed E-state index contributed by atoms with van der Waals surface area (Å²) in [7, 11) is 0. The lowest BCUT2D eigenvalue weighted by Gasteiger charge is -2.13. The van der Waals surface area contributed by atoms with Crippen molar-refractivity contribution < 1.29 is 23.1 Å². The summed E-state index contributed by atoms with van der Waals surface area (Å²) in [6.45, 7) is 0. The number of rotatable bonds is 3. The molecule has 2 aromatic rings. The molecule has 20 heavy (non-hydrogen) atoms. The zero-order valence-electron chi connectivity index (χ0n) is 10.0. The van der Waals surface area contributed by atoms with Gasteiger partial charge < -0.3 is 5.11 Å². The van der Waals surface area contributed by atoms with Gasteiger partial charge in [0.05, 0.1) is 11.3 Å².